The molecule has 3 heteroatoms. The van der Waals surface area contributed by atoms with Crippen molar-refractivity contribution in [1.82, 2.24) is 0 Å². The van der Waals surface area contributed by atoms with Gasteiger partial charge in [0.25, 0.3) is 0 Å². The van der Waals surface area contributed by atoms with Crippen LogP contribution in [0.5, 0.6) is 0 Å². The molecule has 1 aromatic carbocycles. The third kappa shape index (κ3) is 4.36. The zero-order valence-electron chi connectivity index (χ0n) is 11.2. The van der Waals surface area contributed by atoms with Gasteiger partial charge >= 0.3 is 0 Å². The smallest absolute Gasteiger partial charge is 0.0945 e. The van der Waals surface area contributed by atoms with Gasteiger partial charge in [0.15, 0.2) is 0 Å². The molecule has 0 saturated heterocycles. The third-order valence-electron chi connectivity index (χ3n) is 2.62. The lowest BCUT2D eigenvalue weighted by atomic mass is 9.86. The Labute approximate surface area is 104 Å². The van der Waals surface area contributed by atoms with Crippen LogP contribution in [0.1, 0.15) is 26.3 Å². The van der Waals surface area contributed by atoms with Crippen molar-refractivity contribution < 1.29 is 9.84 Å². The van der Waals surface area contributed by atoms with Gasteiger partial charge in [-0.25, -0.2) is 0 Å². The molecule has 0 aliphatic carbocycles. The average Bonchev–Trinajstić information content (AvgIpc) is 2.26. The number of rotatable bonds is 5. The fourth-order valence-electron chi connectivity index (χ4n) is 1.77. The van der Waals surface area contributed by atoms with E-state index < -0.39 is 6.10 Å². The summed E-state index contributed by atoms with van der Waals surface area (Å²) in [5, 5.41) is 12.9. The highest BCUT2D eigenvalue weighted by molar-refractivity contribution is 5.54. The molecule has 0 bridgehead atoms. The zero-order chi connectivity index (χ0) is 12.9. The first kappa shape index (κ1) is 14.0. The van der Waals surface area contributed by atoms with Crippen LogP contribution in [0, 0.1) is 0 Å². The van der Waals surface area contributed by atoms with Gasteiger partial charge in [0.05, 0.1) is 12.7 Å². The van der Waals surface area contributed by atoms with Crippen LogP contribution in [0.25, 0.3) is 0 Å². The predicted octanol–water partition coefficient (Wildman–Crippen LogP) is 2.40. The molecule has 0 heterocycles. The maximum Gasteiger partial charge on any atom is 0.0945 e. The lowest BCUT2D eigenvalue weighted by Crippen LogP contribution is -2.25. The van der Waals surface area contributed by atoms with Crippen LogP contribution >= 0.6 is 0 Å². The van der Waals surface area contributed by atoms with Gasteiger partial charge in [-0.15, -0.1) is 0 Å². The van der Waals surface area contributed by atoms with E-state index in [1.807, 2.05) is 18.2 Å². The van der Waals surface area contributed by atoms with E-state index >= 15 is 0 Å². The van der Waals surface area contributed by atoms with Gasteiger partial charge < -0.3 is 15.2 Å². The number of aliphatic hydroxyl groups is 1. The van der Waals surface area contributed by atoms with Gasteiger partial charge in [-0.2, -0.15) is 0 Å². The number of nitrogens with one attached hydrogen (secondary N) is 1. The molecule has 2 N–H and O–H groups in total. The SMILES string of the molecule is COCC(O)CNc1ccccc1C(C)(C)C. The molecule has 1 rings (SSSR count). The van der Waals surface area contributed by atoms with E-state index in [2.05, 4.69) is 32.2 Å². The first-order valence-corrected chi connectivity index (χ1v) is 5.95. The number of para-hydroxylation sites is 1. The molecule has 0 spiro atoms. The Balaban J connectivity index is 2.71. The highest BCUT2D eigenvalue weighted by Crippen LogP contribution is 2.29. The summed E-state index contributed by atoms with van der Waals surface area (Å²) in [6.45, 7) is 7.39. The van der Waals surface area contributed by atoms with Crippen molar-refractivity contribution in [2.75, 3.05) is 25.6 Å². The molecule has 0 radical (unpaired) electrons. The third-order valence-corrected chi connectivity index (χ3v) is 2.62. The van der Waals surface area contributed by atoms with E-state index in [0.717, 1.165) is 5.69 Å². The fraction of sp³-hybridized carbons (Fsp3) is 0.571. The maximum atomic E-state index is 9.62. The van der Waals surface area contributed by atoms with Crippen LogP contribution < -0.4 is 5.32 Å². The molecular weight excluding hydrogens is 214 g/mol. The first-order chi connectivity index (χ1) is 7.95. The number of ether oxygens (including phenoxy) is 1. The van der Waals surface area contributed by atoms with Gasteiger partial charge in [-0.3, -0.25) is 0 Å². The van der Waals surface area contributed by atoms with Crippen LogP contribution in [0.3, 0.4) is 0 Å². The molecule has 96 valence electrons. The topological polar surface area (TPSA) is 41.5 Å². The van der Waals surface area contributed by atoms with E-state index in [4.69, 9.17) is 4.74 Å². The normalized spacial score (nSPS) is 13.5. The largest absolute Gasteiger partial charge is 0.389 e. The second-order valence-corrected chi connectivity index (χ2v) is 5.29. The average molecular weight is 237 g/mol. The van der Waals surface area contributed by atoms with Crippen LogP contribution in [0.15, 0.2) is 24.3 Å². The second-order valence-electron chi connectivity index (χ2n) is 5.29. The van der Waals surface area contributed by atoms with Gasteiger partial charge in [0.2, 0.25) is 0 Å². The van der Waals surface area contributed by atoms with Crippen LogP contribution in [-0.2, 0) is 10.2 Å². The van der Waals surface area contributed by atoms with Gasteiger partial charge in [0.1, 0.15) is 0 Å². The summed E-state index contributed by atoms with van der Waals surface area (Å²) in [6, 6.07) is 8.20. The Morgan fingerprint density at radius 1 is 1.29 bits per heavy atom. The molecule has 0 aliphatic heterocycles. The molecular formula is C14H23NO2. The monoisotopic (exact) mass is 237 g/mol. The van der Waals surface area contributed by atoms with Crippen LogP contribution in [0.4, 0.5) is 5.69 Å². The van der Waals surface area contributed by atoms with E-state index in [1.165, 1.54) is 5.56 Å². The van der Waals surface area contributed by atoms with E-state index in [9.17, 15) is 5.11 Å². The van der Waals surface area contributed by atoms with E-state index in [1.54, 1.807) is 7.11 Å². The minimum absolute atomic E-state index is 0.0931. The molecule has 0 saturated carbocycles. The number of methoxy groups -OCH3 is 1. The standard InChI is InChI=1S/C14H23NO2/c1-14(2,3)12-7-5-6-8-13(12)15-9-11(16)10-17-4/h5-8,11,15-16H,9-10H2,1-4H3. The second kappa shape index (κ2) is 6.03. The predicted molar refractivity (Wildman–Crippen MR) is 71.5 cm³/mol. The maximum absolute atomic E-state index is 9.62. The van der Waals surface area contributed by atoms with Crippen molar-refractivity contribution in [3.8, 4) is 0 Å². The number of hydrogen-bond acceptors (Lipinski definition) is 3. The molecule has 1 atom stereocenters. The van der Waals surface area contributed by atoms with Crippen LogP contribution in [0.2, 0.25) is 0 Å². The molecule has 0 amide bonds. The summed E-state index contributed by atoms with van der Waals surface area (Å²) in [5.41, 5.74) is 2.43. The van der Waals surface area contributed by atoms with E-state index in [-0.39, 0.29) is 5.41 Å². The highest BCUT2D eigenvalue weighted by Gasteiger charge is 2.17. The number of aliphatic hydroxyl groups excluding tert-OH is 1. The summed E-state index contributed by atoms with van der Waals surface area (Å²) in [7, 11) is 1.59. The Morgan fingerprint density at radius 3 is 2.53 bits per heavy atom. The molecule has 0 aliphatic rings. The molecule has 3 nitrogen and oxygen atoms in total. The number of benzene rings is 1. The lowest BCUT2D eigenvalue weighted by Gasteiger charge is -2.24. The molecule has 1 unspecified atom stereocenters. The summed E-state index contributed by atoms with van der Waals surface area (Å²) in [4.78, 5) is 0. The molecule has 17 heavy (non-hydrogen) atoms. The summed E-state index contributed by atoms with van der Waals surface area (Å²) in [6.07, 6.45) is -0.479. The van der Waals surface area contributed by atoms with Crippen molar-refractivity contribution in [2.24, 2.45) is 0 Å². The lowest BCUT2D eigenvalue weighted by molar-refractivity contribution is 0.0727. The Bertz CT molecular complexity index is 344. The van der Waals surface area contributed by atoms with Crippen molar-refractivity contribution in [1.29, 1.82) is 0 Å². The minimum atomic E-state index is -0.479. The fourth-order valence-corrected chi connectivity index (χ4v) is 1.77. The summed E-state index contributed by atoms with van der Waals surface area (Å²) >= 11 is 0. The Kier molecular flexibility index (Phi) is 4.97. The quantitative estimate of drug-likeness (QED) is 0.826. The number of anilines is 1. The molecule has 0 fully saturated rings. The van der Waals surface area contributed by atoms with Crippen molar-refractivity contribution in [2.45, 2.75) is 32.3 Å². The van der Waals surface area contributed by atoms with Gasteiger partial charge in [-0.05, 0) is 17.0 Å². The van der Waals surface area contributed by atoms with Crippen molar-refractivity contribution in [3.63, 3.8) is 0 Å². The highest BCUT2D eigenvalue weighted by atomic mass is 16.5. The molecule has 1 aromatic rings. The summed E-state index contributed by atoms with van der Waals surface area (Å²) < 4.78 is 4.90. The van der Waals surface area contributed by atoms with Gasteiger partial charge in [0, 0.05) is 19.3 Å². The van der Waals surface area contributed by atoms with Crippen LogP contribution in [-0.4, -0.2) is 31.5 Å². The zero-order valence-corrected chi connectivity index (χ0v) is 11.2. The minimum Gasteiger partial charge on any atom is -0.389 e. The summed E-state index contributed by atoms with van der Waals surface area (Å²) in [5.74, 6) is 0. The number of hydrogen-bond donors (Lipinski definition) is 2. The van der Waals surface area contributed by atoms with Gasteiger partial charge in [-0.1, -0.05) is 39.0 Å². The van der Waals surface area contributed by atoms with Crippen molar-refractivity contribution >= 4 is 5.69 Å². The Hall–Kier alpha value is -1.06. The molecule has 0 aromatic heterocycles. The Morgan fingerprint density at radius 2 is 1.94 bits per heavy atom. The van der Waals surface area contributed by atoms with E-state index in [0.29, 0.717) is 13.2 Å². The van der Waals surface area contributed by atoms with Crippen molar-refractivity contribution in [3.05, 3.63) is 29.8 Å². The first-order valence-electron chi connectivity index (χ1n) is 5.95.